The zero-order valence-corrected chi connectivity index (χ0v) is 12.1. The van der Waals surface area contributed by atoms with Crippen LogP contribution in [0.4, 0.5) is 0 Å². The van der Waals surface area contributed by atoms with Crippen molar-refractivity contribution in [1.82, 2.24) is 14.9 Å². The maximum absolute atomic E-state index is 4.49. The monoisotopic (exact) mass is 257 g/mol. The average Bonchev–Trinajstić information content (AvgIpc) is 2.86. The Labute approximate surface area is 115 Å². The van der Waals surface area contributed by atoms with Crippen LogP contribution in [0.15, 0.2) is 36.7 Å². The van der Waals surface area contributed by atoms with Gasteiger partial charge in [-0.05, 0) is 31.5 Å². The number of imidazole rings is 1. The molecule has 1 unspecified atom stereocenters. The van der Waals surface area contributed by atoms with Crippen molar-refractivity contribution in [2.24, 2.45) is 0 Å². The summed E-state index contributed by atoms with van der Waals surface area (Å²) in [5.41, 5.74) is 2.71. The second kappa shape index (κ2) is 6.53. The highest BCUT2D eigenvalue weighted by Gasteiger charge is 2.15. The highest BCUT2D eigenvalue weighted by Crippen LogP contribution is 2.21. The lowest BCUT2D eigenvalue weighted by Gasteiger charge is -2.20. The zero-order valence-electron chi connectivity index (χ0n) is 12.1. The molecule has 0 fully saturated rings. The molecule has 0 aliphatic carbocycles. The van der Waals surface area contributed by atoms with Gasteiger partial charge in [0, 0.05) is 31.4 Å². The zero-order chi connectivity index (χ0) is 13.7. The first kappa shape index (κ1) is 13.8. The van der Waals surface area contributed by atoms with E-state index in [0.717, 1.165) is 25.3 Å². The molecule has 19 heavy (non-hydrogen) atoms. The number of benzene rings is 1. The fraction of sp³-hybridized carbons (Fsp3) is 0.438. The highest BCUT2D eigenvalue weighted by molar-refractivity contribution is 5.29. The van der Waals surface area contributed by atoms with Crippen molar-refractivity contribution in [3.63, 3.8) is 0 Å². The molecule has 1 aromatic carbocycles. The van der Waals surface area contributed by atoms with E-state index in [4.69, 9.17) is 0 Å². The van der Waals surface area contributed by atoms with Gasteiger partial charge in [0.2, 0.25) is 0 Å². The van der Waals surface area contributed by atoms with Gasteiger partial charge in [-0.1, -0.05) is 31.2 Å². The summed E-state index contributed by atoms with van der Waals surface area (Å²) in [7, 11) is 0. The smallest absolute Gasteiger partial charge is 0.110 e. The maximum Gasteiger partial charge on any atom is 0.110 e. The summed E-state index contributed by atoms with van der Waals surface area (Å²) in [4.78, 5) is 4.49. The van der Waals surface area contributed by atoms with Gasteiger partial charge in [-0.3, -0.25) is 0 Å². The quantitative estimate of drug-likeness (QED) is 0.861. The SMILES string of the molecule is CCNC(Cc1nccn1CC)c1ccccc1C. The molecule has 0 bridgehead atoms. The molecule has 1 aromatic heterocycles. The second-order valence-corrected chi connectivity index (χ2v) is 4.80. The summed E-state index contributed by atoms with van der Waals surface area (Å²) in [6, 6.07) is 8.92. The molecule has 0 radical (unpaired) electrons. The fourth-order valence-corrected chi connectivity index (χ4v) is 2.52. The first-order valence-electron chi connectivity index (χ1n) is 7.05. The van der Waals surface area contributed by atoms with Gasteiger partial charge in [-0.25, -0.2) is 4.98 Å². The standard InChI is InChI=1S/C16H23N3/c1-4-17-15(14-9-7-6-8-13(14)3)12-16-18-10-11-19(16)5-2/h6-11,15,17H,4-5,12H2,1-3H3. The predicted octanol–water partition coefficient (Wildman–Crippen LogP) is 3.10. The van der Waals surface area contributed by atoms with Crippen LogP contribution in [0.25, 0.3) is 0 Å². The molecule has 1 atom stereocenters. The van der Waals surface area contributed by atoms with E-state index in [1.54, 1.807) is 0 Å². The molecule has 102 valence electrons. The van der Waals surface area contributed by atoms with E-state index in [1.165, 1.54) is 11.1 Å². The summed E-state index contributed by atoms with van der Waals surface area (Å²) >= 11 is 0. The third-order valence-corrected chi connectivity index (χ3v) is 3.54. The Balaban J connectivity index is 2.24. The summed E-state index contributed by atoms with van der Waals surface area (Å²) < 4.78 is 2.21. The molecular weight excluding hydrogens is 234 g/mol. The van der Waals surface area contributed by atoms with Crippen LogP contribution in [0.2, 0.25) is 0 Å². The van der Waals surface area contributed by atoms with Crippen LogP contribution in [-0.4, -0.2) is 16.1 Å². The molecule has 0 spiro atoms. The molecule has 1 N–H and O–H groups in total. The Kier molecular flexibility index (Phi) is 4.74. The van der Waals surface area contributed by atoms with Gasteiger partial charge in [-0.2, -0.15) is 0 Å². The van der Waals surface area contributed by atoms with E-state index in [-0.39, 0.29) is 0 Å². The van der Waals surface area contributed by atoms with E-state index in [0.29, 0.717) is 6.04 Å². The Morgan fingerprint density at radius 1 is 1.26 bits per heavy atom. The van der Waals surface area contributed by atoms with Crippen molar-refractivity contribution in [2.75, 3.05) is 6.54 Å². The lowest BCUT2D eigenvalue weighted by Crippen LogP contribution is -2.25. The molecule has 0 aliphatic heterocycles. The normalized spacial score (nSPS) is 12.6. The van der Waals surface area contributed by atoms with E-state index < -0.39 is 0 Å². The first-order valence-corrected chi connectivity index (χ1v) is 7.05. The van der Waals surface area contributed by atoms with Gasteiger partial charge in [0.05, 0.1) is 0 Å². The molecule has 0 saturated heterocycles. The number of hydrogen-bond donors (Lipinski definition) is 1. The summed E-state index contributed by atoms with van der Waals surface area (Å²) in [6.07, 6.45) is 4.87. The molecule has 3 nitrogen and oxygen atoms in total. The van der Waals surface area contributed by atoms with Gasteiger partial charge in [0.25, 0.3) is 0 Å². The van der Waals surface area contributed by atoms with Gasteiger partial charge < -0.3 is 9.88 Å². The molecule has 2 rings (SSSR count). The molecule has 1 heterocycles. The number of nitrogens with zero attached hydrogens (tertiary/aromatic N) is 2. The van der Waals surface area contributed by atoms with E-state index in [9.17, 15) is 0 Å². The van der Waals surface area contributed by atoms with Crippen LogP contribution >= 0.6 is 0 Å². The molecule has 0 aliphatic rings. The van der Waals surface area contributed by atoms with Gasteiger partial charge in [-0.15, -0.1) is 0 Å². The third-order valence-electron chi connectivity index (χ3n) is 3.54. The number of hydrogen-bond acceptors (Lipinski definition) is 2. The highest BCUT2D eigenvalue weighted by atomic mass is 15.1. The largest absolute Gasteiger partial charge is 0.335 e. The minimum Gasteiger partial charge on any atom is -0.335 e. The van der Waals surface area contributed by atoms with Crippen LogP contribution in [0.5, 0.6) is 0 Å². The summed E-state index contributed by atoms with van der Waals surface area (Å²) in [5, 5.41) is 3.58. The Bertz CT molecular complexity index is 516. The van der Waals surface area contributed by atoms with Crippen molar-refractivity contribution in [3.05, 3.63) is 53.6 Å². The second-order valence-electron chi connectivity index (χ2n) is 4.80. The van der Waals surface area contributed by atoms with E-state index in [1.807, 2.05) is 6.20 Å². The van der Waals surface area contributed by atoms with E-state index in [2.05, 4.69) is 66.1 Å². The summed E-state index contributed by atoms with van der Waals surface area (Å²) in [6.45, 7) is 8.42. The van der Waals surface area contributed by atoms with Crippen LogP contribution in [0, 0.1) is 6.92 Å². The minimum absolute atomic E-state index is 0.332. The Morgan fingerprint density at radius 2 is 2.05 bits per heavy atom. The lowest BCUT2D eigenvalue weighted by molar-refractivity contribution is 0.520. The number of rotatable bonds is 6. The predicted molar refractivity (Wildman–Crippen MR) is 79.2 cm³/mol. The average molecular weight is 257 g/mol. The molecule has 0 saturated carbocycles. The number of aryl methyl sites for hydroxylation is 2. The van der Waals surface area contributed by atoms with Crippen LogP contribution in [0.3, 0.4) is 0 Å². The van der Waals surface area contributed by atoms with Crippen LogP contribution < -0.4 is 5.32 Å². The minimum atomic E-state index is 0.332. The fourth-order valence-electron chi connectivity index (χ4n) is 2.52. The van der Waals surface area contributed by atoms with Crippen molar-refractivity contribution >= 4 is 0 Å². The Morgan fingerprint density at radius 3 is 2.74 bits per heavy atom. The van der Waals surface area contributed by atoms with Crippen LogP contribution in [0.1, 0.15) is 36.8 Å². The molecule has 2 aromatic rings. The Hall–Kier alpha value is -1.61. The van der Waals surface area contributed by atoms with Gasteiger partial charge >= 0.3 is 0 Å². The number of aromatic nitrogens is 2. The first-order chi connectivity index (χ1) is 9.26. The van der Waals surface area contributed by atoms with Crippen molar-refractivity contribution in [2.45, 2.75) is 39.8 Å². The molecule has 3 heteroatoms. The van der Waals surface area contributed by atoms with Gasteiger partial charge in [0.15, 0.2) is 0 Å². The van der Waals surface area contributed by atoms with Gasteiger partial charge in [0.1, 0.15) is 5.82 Å². The molecular formula is C16H23N3. The van der Waals surface area contributed by atoms with Crippen molar-refractivity contribution in [1.29, 1.82) is 0 Å². The van der Waals surface area contributed by atoms with Crippen LogP contribution in [-0.2, 0) is 13.0 Å². The topological polar surface area (TPSA) is 29.9 Å². The number of likely N-dealkylation sites (N-methyl/N-ethyl adjacent to an activating group) is 1. The van der Waals surface area contributed by atoms with Crippen molar-refractivity contribution < 1.29 is 0 Å². The lowest BCUT2D eigenvalue weighted by atomic mass is 9.98. The maximum atomic E-state index is 4.49. The summed E-state index contributed by atoms with van der Waals surface area (Å²) in [5.74, 6) is 1.15. The van der Waals surface area contributed by atoms with Crippen molar-refractivity contribution in [3.8, 4) is 0 Å². The number of nitrogens with one attached hydrogen (secondary N) is 1. The van der Waals surface area contributed by atoms with E-state index >= 15 is 0 Å². The molecule has 0 amide bonds. The third kappa shape index (κ3) is 3.24.